The molecular formula is C21H28N3O9PS. The number of aromatic nitrogens is 2. The summed E-state index contributed by atoms with van der Waals surface area (Å²) in [6.07, 6.45) is -1.90. The Labute approximate surface area is 205 Å². The number of esters is 1. The van der Waals surface area contributed by atoms with Gasteiger partial charge in [0.25, 0.3) is 5.56 Å². The number of aliphatic hydroxyl groups is 2. The van der Waals surface area contributed by atoms with E-state index in [-0.39, 0.29) is 18.5 Å². The maximum Gasteiger partial charge on any atom is 0.459 e. The third kappa shape index (κ3) is 7.06. The Balaban J connectivity index is 1.75. The highest BCUT2D eigenvalue weighted by Crippen LogP contribution is 2.48. The monoisotopic (exact) mass is 529 g/mol. The molecular weight excluding hydrogens is 501 g/mol. The highest BCUT2D eigenvalue weighted by atomic mass is 32.2. The number of carbonyl (C=O) groups is 1. The van der Waals surface area contributed by atoms with E-state index in [1.54, 1.807) is 44.2 Å². The van der Waals surface area contributed by atoms with Crippen LogP contribution in [0.25, 0.3) is 0 Å². The number of nitrogens with one attached hydrogen (secondary N) is 2. The van der Waals surface area contributed by atoms with E-state index < -0.39 is 53.8 Å². The molecule has 1 fully saturated rings. The van der Waals surface area contributed by atoms with E-state index in [4.69, 9.17) is 13.8 Å². The van der Waals surface area contributed by atoms with Crippen LogP contribution in [0, 0.1) is 0 Å². The zero-order chi connectivity index (χ0) is 25.8. The van der Waals surface area contributed by atoms with Crippen molar-refractivity contribution < 1.29 is 33.4 Å². The van der Waals surface area contributed by atoms with Gasteiger partial charge in [-0.1, -0.05) is 18.2 Å². The second-order valence-corrected chi connectivity index (χ2v) is 11.2. The minimum Gasteiger partial charge on any atom is -0.462 e. The Morgan fingerprint density at radius 1 is 1.17 bits per heavy atom. The summed E-state index contributed by atoms with van der Waals surface area (Å²) in [5.41, 5.74) is -1.35. The van der Waals surface area contributed by atoms with Crippen LogP contribution < -0.4 is 20.9 Å². The first kappa shape index (κ1) is 27.2. The minimum absolute atomic E-state index is 0.213. The summed E-state index contributed by atoms with van der Waals surface area (Å²) in [4.78, 5) is 37.8. The number of carbonyl (C=O) groups excluding carboxylic acids is 1. The van der Waals surface area contributed by atoms with Gasteiger partial charge in [-0.05, 0) is 32.9 Å². The third-order valence-electron chi connectivity index (χ3n) is 4.90. The molecule has 0 radical (unpaired) electrons. The Morgan fingerprint density at radius 2 is 1.86 bits per heavy atom. The van der Waals surface area contributed by atoms with Gasteiger partial charge < -0.3 is 19.5 Å². The third-order valence-corrected chi connectivity index (χ3v) is 8.09. The van der Waals surface area contributed by atoms with Crippen molar-refractivity contribution in [3.05, 3.63) is 63.4 Å². The molecule has 0 aliphatic carbocycles. The Bertz CT molecular complexity index is 1170. The molecule has 4 N–H and O–H groups in total. The molecule has 12 nitrogen and oxygen atoms in total. The van der Waals surface area contributed by atoms with Gasteiger partial charge in [-0.15, -0.1) is 11.8 Å². The van der Waals surface area contributed by atoms with Gasteiger partial charge in [0.1, 0.15) is 23.3 Å². The highest BCUT2D eigenvalue weighted by molar-refractivity contribution is 8.00. The zero-order valence-electron chi connectivity index (χ0n) is 19.3. The molecule has 35 heavy (non-hydrogen) atoms. The first-order valence-corrected chi connectivity index (χ1v) is 13.3. The van der Waals surface area contributed by atoms with Crippen LogP contribution in [-0.2, 0) is 18.6 Å². The van der Waals surface area contributed by atoms with E-state index in [0.717, 1.165) is 22.4 Å². The van der Waals surface area contributed by atoms with Gasteiger partial charge in [0.05, 0.1) is 24.1 Å². The summed E-state index contributed by atoms with van der Waals surface area (Å²) in [6.45, 7) is 4.43. The van der Waals surface area contributed by atoms with Crippen molar-refractivity contribution >= 4 is 25.5 Å². The number of aliphatic hydroxyl groups excluding tert-OH is 2. The van der Waals surface area contributed by atoms with Gasteiger partial charge in [-0.3, -0.25) is 23.7 Å². The Hall–Kier alpha value is -2.41. The van der Waals surface area contributed by atoms with Gasteiger partial charge in [0, 0.05) is 12.3 Å². The molecule has 6 atom stereocenters. The molecule has 3 rings (SSSR count). The fraction of sp³-hybridized carbons (Fsp3) is 0.476. The minimum atomic E-state index is -4.17. The van der Waals surface area contributed by atoms with Crippen molar-refractivity contribution in [2.24, 2.45) is 0 Å². The molecule has 1 aliphatic rings. The lowest BCUT2D eigenvalue weighted by molar-refractivity contribution is -0.149. The van der Waals surface area contributed by atoms with E-state index in [9.17, 15) is 29.2 Å². The number of H-pyrrole nitrogens is 1. The smallest absolute Gasteiger partial charge is 0.459 e. The normalized spacial score (nSPS) is 24.6. The number of nitrogens with zero attached hydrogens (tertiary/aromatic N) is 1. The number of ether oxygens (including phenoxy) is 1. The molecule has 0 spiro atoms. The molecule has 1 aromatic heterocycles. The number of thioether (sulfide) groups is 1. The predicted molar refractivity (Wildman–Crippen MR) is 128 cm³/mol. The van der Waals surface area contributed by atoms with Crippen LogP contribution in [0.15, 0.2) is 52.2 Å². The van der Waals surface area contributed by atoms with Gasteiger partial charge >= 0.3 is 19.4 Å². The fourth-order valence-corrected chi connectivity index (χ4v) is 6.29. The SMILES string of the molecule is CC(C)OC(=O)[C@H](C)N[P@](=O)(OC[C@H]1S[C@@H](n2ccc(=O)[nH]c2=O)C(O)C1O)Oc1ccccc1. The van der Waals surface area contributed by atoms with E-state index >= 15 is 0 Å². The number of benzene rings is 1. The van der Waals surface area contributed by atoms with Crippen LogP contribution in [0.1, 0.15) is 26.1 Å². The van der Waals surface area contributed by atoms with Gasteiger partial charge in [-0.2, -0.15) is 5.09 Å². The standard InChI is InChI=1S/C21H28N3O9PS/c1-12(2)32-20(28)13(3)23-34(30,33-14-7-5-4-6-8-14)31-11-15-17(26)18(27)19(35-15)24-10-9-16(25)22-21(24)29/h4-10,12-13,15,17-19,26-27H,11H2,1-3H3,(H,23,30)(H,22,25,29)/t13-,15+,17?,18?,19+,34-/m0/s1. The van der Waals surface area contributed by atoms with Crippen molar-refractivity contribution in [1.29, 1.82) is 0 Å². The van der Waals surface area contributed by atoms with E-state index in [0.29, 0.717) is 0 Å². The number of rotatable bonds is 10. The van der Waals surface area contributed by atoms with Gasteiger partial charge in [0.2, 0.25) is 0 Å². The van der Waals surface area contributed by atoms with Crippen LogP contribution in [0.5, 0.6) is 5.75 Å². The fourth-order valence-electron chi connectivity index (χ4n) is 3.23. The number of para-hydroxylation sites is 1. The summed E-state index contributed by atoms with van der Waals surface area (Å²) in [6, 6.07) is 8.23. The molecule has 2 heterocycles. The summed E-state index contributed by atoms with van der Waals surface area (Å²) in [7, 11) is -4.17. The van der Waals surface area contributed by atoms with Gasteiger partial charge in [0.15, 0.2) is 0 Å². The van der Waals surface area contributed by atoms with Crippen LogP contribution in [0.2, 0.25) is 0 Å². The summed E-state index contributed by atoms with van der Waals surface area (Å²) in [5, 5.41) is 21.8. The average Bonchev–Trinajstić information content (AvgIpc) is 3.06. The average molecular weight is 530 g/mol. The van der Waals surface area contributed by atoms with Crippen LogP contribution in [-0.4, -0.2) is 61.9 Å². The summed E-state index contributed by atoms with van der Waals surface area (Å²) < 4.78 is 30.9. The van der Waals surface area contributed by atoms with E-state index in [1.165, 1.54) is 13.1 Å². The molecule has 0 saturated carbocycles. The maximum atomic E-state index is 13.6. The molecule has 0 amide bonds. The number of aromatic amines is 1. The molecule has 2 unspecified atom stereocenters. The Kier molecular flexibility index (Phi) is 8.97. The molecule has 1 aromatic carbocycles. The van der Waals surface area contributed by atoms with Crippen molar-refractivity contribution in [1.82, 2.24) is 14.6 Å². The molecule has 192 valence electrons. The van der Waals surface area contributed by atoms with Gasteiger partial charge in [-0.25, -0.2) is 9.36 Å². The largest absolute Gasteiger partial charge is 0.462 e. The molecule has 14 heteroatoms. The second kappa shape index (κ2) is 11.5. The second-order valence-electron chi connectivity index (χ2n) is 8.10. The Morgan fingerprint density at radius 3 is 2.49 bits per heavy atom. The van der Waals surface area contributed by atoms with Crippen LogP contribution >= 0.6 is 19.5 Å². The number of hydrogen-bond donors (Lipinski definition) is 4. The lowest BCUT2D eigenvalue weighted by Crippen LogP contribution is -2.38. The zero-order valence-corrected chi connectivity index (χ0v) is 21.0. The first-order valence-electron chi connectivity index (χ1n) is 10.8. The summed E-state index contributed by atoms with van der Waals surface area (Å²) in [5.74, 6) is -0.450. The predicted octanol–water partition coefficient (Wildman–Crippen LogP) is 1.01. The van der Waals surface area contributed by atoms with E-state index in [2.05, 4.69) is 10.1 Å². The van der Waals surface area contributed by atoms with Crippen molar-refractivity contribution in [3.8, 4) is 5.75 Å². The lowest BCUT2D eigenvalue weighted by Gasteiger charge is -2.25. The molecule has 1 saturated heterocycles. The number of hydrogen-bond acceptors (Lipinski definition) is 10. The lowest BCUT2D eigenvalue weighted by atomic mass is 10.1. The van der Waals surface area contributed by atoms with E-state index in [1.807, 2.05) is 0 Å². The molecule has 0 bridgehead atoms. The van der Waals surface area contributed by atoms with Crippen molar-refractivity contribution in [2.45, 2.75) is 55.7 Å². The van der Waals surface area contributed by atoms with Crippen molar-refractivity contribution in [3.63, 3.8) is 0 Å². The highest BCUT2D eigenvalue weighted by Gasteiger charge is 2.45. The summed E-state index contributed by atoms with van der Waals surface area (Å²) >= 11 is 1.00. The maximum absolute atomic E-state index is 13.6. The van der Waals surface area contributed by atoms with Crippen LogP contribution in [0.3, 0.4) is 0 Å². The van der Waals surface area contributed by atoms with Crippen molar-refractivity contribution in [2.75, 3.05) is 6.61 Å². The quantitative estimate of drug-likeness (QED) is 0.256. The van der Waals surface area contributed by atoms with Crippen LogP contribution in [0.4, 0.5) is 0 Å². The first-order chi connectivity index (χ1) is 16.5. The molecule has 2 aromatic rings. The molecule has 1 aliphatic heterocycles. The topological polar surface area (TPSA) is 169 Å².